The van der Waals surface area contributed by atoms with E-state index in [0.29, 0.717) is 88.5 Å². The minimum absolute atomic E-state index is 0.0695. The van der Waals surface area contributed by atoms with E-state index in [2.05, 4.69) is 27.0 Å². The predicted molar refractivity (Wildman–Crippen MR) is 192 cm³/mol. The van der Waals surface area contributed by atoms with Crippen LogP contribution in [-0.2, 0) is 26.9 Å². The number of rotatable bonds is 16. The molecule has 1 amide bonds. The summed E-state index contributed by atoms with van der Waals surface area (Å²) in [5, 5.41) is 2.64. The van der Waals surface area contributed by atoms with Gasteiger partial charge in [-0.3, -0.25) is 14.1 Å². The van der Waals surface area contributed by atoms with Crippen molar-refractivity contribution in [2.24, 2.45) is 5.73 Å². The maximum Gasteiger partial charge on any atom is 0.416 e. The van der Waals surface area contributed by atoms with E-state index in [-0.39, 0.29) is 23.4 Å². The fourth-order valence-corrected chi connectivity index (χ4v) is 5.52. The van der Waals surface area contributed by atoms with Crippen molar-refractivity contribution in [2.75, 3.05) is 91.3 Å². The summed E-state index contributed by atoms with van der Waals surface area (Å²) in [4.78, 5) is 21.8. The van der Waals surface area contributed by atoms with Crippen molar-refractivity contribution in [1.29, 1.82) is 0 Å². The largest absolute Gasteiger partial charge is 0.491 e. The van der Waals surface area contributed by atoms with E-state index in [1.807, 2.05) is 35.5 Å². The third kappa shape index (κ3) is 11.3. The molecule has 0 bridgehead atoms. The number of fused-ring (bicyclic) bond motifs is 1. The molecule has 14 heteroatoms. The molecule has 52 heavy (non-hydrogen) atoms. The smallest absolute Gasteiger partial charge is 0.416 e. The van der Waals surface area contributed by atoms with E-state index in [1.165, 1.54) is 12.1 Å². The maximum atomic E-state index is 14.1. The molecule has 0 saturated carbocycles. The highest BCUT2D eigenvalue weighted by molar-refractivity contribution is 6.04. The summed E-state index contributed by atoms with van der Waals surface area (Å²) in [6, 6.07) is 12.6. The van der Waals surface area contributed by atoms with Gasteiger partial charge in [0.05, 0.1) is 51.4 Å². The first-order valence-electron chi connectivity index (χ1n) is 17.2. The fraction of sp³-hybridized carbons (Fsp3) is 0.421. The molecule has 0 spiro atoms. The number of piperazine rings is 1. The zero-order chi connectivity index (χ0) is 36.9. The van der Waals surface area contributed by atoms with E-state index < -0.39 is 17.6 Å². The predicted octanol–water partition coefficient (Wildman–Crippen LogP) is 4.45. The molecule has 0 aliphatic carbocycles. The molecule has 1 aliphatic heterocycles. The van der Waals surface area contributed by atoms with Gasteiger partial charge in [-0.1, -0.05) is 18.1 Å². The van der Waals surface area contributed by atoms with Crippen molar-refractivity contribution in [1.82, 2.24) is 19.2 Å². The van der Waals surface area contributed by atoms with Crippen molar-refractivity contribution in [3.8, 4) is 17.6 Å². The Kier molecular flexibility index (Phi) is 14.0. The van der Waals surface area contributed by atoms with Gasteiger partial charge in [-0.25, -0.2) is 4.98 Å². The van der Waals surface area contributed by atoms with E-state index in [0.717, 1.165) is 24.7 Å². The molecule has 2 aromatic heterocycles. The van der Waals surface area contributed by atoms with Gasteiger partial charge in [0.2, 0.25) is 0 Å². The van der Waals surface area contributed by atoms with Crippen LogP contribution in [0.4, 0.5) is 18.9 Å². The third-order valence-corrected chi connectivity index (χ3v) is 8.48. The number of amides is 1. The van der Waals surface area contributed by atoms with Gasteiger partial charge in [0.25, 0.3) is 5.91 Å². The van der Waals surface area contributed by atoms with Gasteiger partial charge >= 0.3 is 6.18 Å². The van der Waals surface area contributed by atoms with Gasteiger partial charge in [0.1, 0.15) is 23.7 Å². The Hall–Kier alpha value is -4.49. The van der Waals surface area contributed by atoms with Crippen molar-refractivity contribution >= 4 is 17.2 Å². The number of nitrogens with two attached hydrogens (primary N) is 1. The molecule has 3 heterocycles. The first-order valence-corrected chi connectivity index (χ1v) is 17.2. The molecule has 0 radical (unpaired) electrons. The van der Waals surface area contributed by atoms with Crippen LogP contribution in [0.5, 0.6) is 5.75 Å². The van der Waals surface area contributed by atoms with Crippen LogP contribution in [-0.4, -0.2) is 111 Å². The quantitative estimate of drug-likeness (QED) is 0.128. The van der Waals surface area contributed by atoms with Gasteiger partial charge in [-0.05, 0) is 61.4 Å². The van der Waals surface area contributed by atoms with Crippen molar-refractivity contribution in [3.63, 3.8) is 0 Å². The number of likely N-dealkylation sites (N-methyl/N-ethyl adjacent to an activating group) is 1. The number of hydrogen-bond donors (Lipinski definition) is 2. The van der Waals surface area contributed by atoms with Gasteiger partial charge in [0.15, 0.2) is 0 Å². The van der Waals surface area contributed by atoms with Crippen molar-refractivity contribution in [2.45, 2.75) is 19.6 Å². The fourth-order valence-electron chi connectivity index (χ4n) is 5.52. The van der Waals surface area contributed by atoms with Crippen LogP contribution < -0.4 is 15.8 Å². The molecule has 2 aromatic carbocycles. The highest BCUT2D eigenvalue weighted by Gasteiger charge is 2.34. The number of hydrogen-bond acceptors (Lipinski definition) is 9. The van der Waals surface area contributed by atoms with Crippen LogP contribution in [0.25, 0.3) is 5.65 Å². The van der Waals surface area contributed by atoms with Gasteiger partial charge in [-0.15, -0.1) is 0 Å². The summed E-state index contributed by atoms with van der Waals surface area (Å²) in [5.74, 6) is 6.34. The minimum atomic E-state index is -4.56. The van der Waals surface area contributed by atoms with Crippen molar-refractivity contribution in [3.05, 3.63) is 94.4 Å². The van der Waals surface area contributed by atoms with Gasteiger partial charge in [-0.2, -0.15) is 13.2 Å². The molecule has 1 aliphatic rings. The number of imidazole rings is 1. The molecule has 3 N–H and O–H groups in total. The van der Waals surface area contributed by atoms with Crippen LogP contribution in [0, 0.1) is 18.8 Å². The molecular formula is C38H45F3N6O5. The molecule has 0 unspecified atom stereocenters. The number of anilines is 1. The number of halogens is 3. The molecule has 11 nitrogen and oxygen atoms in total. The lowest BCUT2D eigenvalue weighted by Gasteiger charge is -2.33. The normalized spacial score (nSPS) is 14.0. The number of carbonyl (C=O) groups excluding carboxylic acids is 1. The Morgan fingerprint density at radius 3 is 2.33 bits per heavy atom. The SMILES string of the molecule is Cc1ccc(C(=O)Nc2ccc(CN3CCN(C)CC3)c(C(F)(F)F)c2)cc1C#Cc1cnc2cc(OCCOCCOCCOCCN)ccn12. The number of alkyl halides is 3. The van der Waals surface area contributed by atoms with Crippen LogP contribution in [0.1, 0.15) is 38.3 Å². The summed E-state index contributed by atoms with van der Waals surface area (Å²) in [5.41, 5.74) is 7.85. The number of ether oxygens (including phenoxy) is 4. The number of carbonyl (C=O) groups is 1. The first-order chi connectivity index (χ1) is 25.1. The summed E-state index contributed by atoms with van der Waals surface area (Å²) in [6.07, 6.45) is -1.10. The number of aryl methyl sites for hydroxylation is 1. The van der Waals surface area contributed by atoms with Crippen molar-refractivity contribution < 1.29 is 36.9 Å². The monoisotopic (exact) mass is 722 g/mol. The Morgan fingerprint density at radius 2 is 1.62 bits per heavy atom. The third-order valence-electron chi connectivity index (χ3n) is 8.48. The maximum absolute atomic E-state index is 14.1. The Labute approximate surface area is 301 Å². The summed E-state index contributed by atoms with van der Waals surface area (Å²) >= 11 is 0. The molecule has 4 aromatic rings. The molecule has 0 atom stereocenters. The zero-order valence-electron chi connectivity index (χ0n) is 29.5. The second-order valence-corrected chi connectivity index (χ2v) is 12.4. The zero-order valence-corrected chi connectivity index (χ0v) is 29.5. The van der Waals surface area contributed by atoms with Gasteiger partial charge in [0, 0.05) is 68.3 Å². The van der Waals surface area contributed by atoms with E-state index in [4.69, 9.17) is 24.7 Å². The Morgan fingerprint density at radius 1 is 0.904 bits per heavy atom. The Balaban J connectivity index is 1.16. The molecule has 1 saturated heterocycles. The summed E-state index contributed by atoms with van der Waals surface area (Å²) < 4.78 is 66.1. The molecule has 278 valence electrons. The number of nitrogens with zero attached hydrogens (tertiary/aromatic N) is 4. The van der Waals surface area contributed by atoms with E-state index in [1.54, 1.807) is 30.5 Å². The lowest BCUT2D eigenvalue weighted by Crippen LogP contribution is -2.44. The van der Waals surface area contributed by atoms with E-state index in [9.17, 15) is 18.0 Å². The molecule has 1 fully saturated rings. The Bertz CT molecular complexity index is 1850. The lowest BCUT2D eigenvalue weighted by atomic mass is 10.0. The number of aromatic nitrogens is 2. The second kappa shape index (κ2) is 18.8. The average molecular weight is 723 g/mol. The molecule has 5 rings (SSSR count). The highest BCUT2D eigenvalue weighted by atomic mass is 19.4. The van der Waals surface area contributed by atoms with E-state index >= 15 is 0 Å². The van der Waals surface area contributed by atoms with Gasteiger partial charge < -0.3 is 34.9 Å². The van der Waals surface area contributed by atoms with Crippen LogP contribution in [0.2, 0.25) is 0 Å². The topological polar surface area (TPSA) is 116 Å². The number of benzene rings is 2. The number of pyridine rings is 1. The average Bonchev–Trinajstić information content (AvgIpc) is 3.53. The number of nitrogens with one attached hydrogen (secondary N) is 1. The standard InChI is InChI=1S/C38H45F3N6O5/c1-28-3-4-30(37(48)44-32-7-5-31(35(24-32)38(39,40)41)27-46-14-12-45(2)13-15-46)23-29(28)6-8-33-26-43-36-25-34(9-11-47(33)36)52-22-21-51-20-19-50-18-17-49-16-10-42/h3-5,7,9,11,23-26H,10,12-22,27,42H2,1-2H3,(H,44,48). The van der Waals surface area contributed by atoms with Crippen LogP contribution >= 0.6 is 0 Å². The van der Waals surface area contributed by atoms with Crippen LogP contribution in [0.3, 0.4) is 0 Å². The highest BCUT2D eigenvalue weighted by Crippen LogP contribution is 2.35. The lowest BCUT2D eigenvalue weighted by molar-refractivity contribution is -0.138. The first kappa shape index (κ1) is 38.7. The second-order valence-electron chi connectivity index (χ2n) is 12.4. The van der Waals surface area contributed by atoms with Crippen LogP contribution in [0.15, 0.2) is 60.9 Å². The summed E-state index contributed by atoms with van der Waals surface area (Å²) in [7, 11) is 2.00. The molecular weight excluding hydrogens is 677 g/mol. The minimum Gasteiger partial charge on any atom is -0.491 e. The summed E-state index contributed by atoms with van der Waals surface area (Å²) in [6.45, 7) is 8.73.